The van der Waals surface area contributed by atoms with Crippen molar-refractivity contribution in [1.82, 2.24) is 25.1 Å². The Kier molecular flexibility index (Phi) is 5.39. The van der Waals surface area contributed by atoms with E-state index in [4.69, 9.17) is 4.74 Å². The number of nitrogens with zero attached hydrogens (tertiary/aromatic N) is 3. The summed E-state index contributed by atoms with van der Waals surface area (Å²) in [5.41, 5.74) is 4.72. The van der Waals surface area contributed by atoms with E-state index in [0.29, 0.717) is 25.3 Å². The maximum atomic E-state index is 13.1. The molecule has 0 unspecified atom stereocenters. The molecule has 5 rings (SSSR count). The van der Waals surface area contributed by atoms with Crippen molar-refractivity contribution in [3.05, 3.63) is 84.6 Å². The summed E-state index contributed by atoms with van der Waals surface area (Å²) < 4.78 is 7.12. The Morgan fingerprint density at radius 1 is 1.09 bits per heavy atom. The quantitative estimate of drug-likeness (QED) is 0.410. The SMILES string of the molecule is COCCn1cncc1CNC(=O)c1cccc2c(-c3ccc4cn[nH]c4c3)cccc12. The van der Waals surface area contributed by atoms with Gasteiger partial charge in [0.1, 0.15) is 0 Å². The predicted molar refractivity (Wildman–Crippen MR) is 124 cm³/mol. The number of imidazole rings is 1. The first-order chi connectivity index (χ1) is 15.7. The third-order valence-corrected chi connectivity index (χ3v) is 5.68. The molecule has 0 spiro atoms. The number of rotatable bonds is 7. The molecule has 3 aromatic carbocycles. The Bertz CT molecular complexity index is 1400. The lowest BCUT2D eigenvalue weighted by atomic mass is 9.95. The van der Waals surface area contributed by atoms with Crippen LogP contribution in [0.5, 0.6) is 0 Å². The topological polar surface area (TPSA) is 84.8 Å². The van der Waals surface area contributed by atoms with Crippen LogP contribution in [0.1, 0.15) is 16.1 Å². The van der Waals surface area contributed by atoms with Crippen LogP contribution in [0.25, 0.3) is 32.8 Å². The average molecular weight is 425 g/mol. The van der Waals surface area contributed by atoms with E-state index in [1.54, 1.807) is 19.6 Å². The van der Waals surface area contributed by atoms with Crippen LogP contribution in [-0.2, 0) is 17.8 Å². The van der Waals surface area contributed by atoms with E-state index in [1.807, 2.05) is 35.0 Å². The minimum Gasteiger partial charge on any atom is -0.383 e. The molecule has 1 amide bonds. The molecule has 0 radical (unpaired) electrons. The number of carbonyl (C=O) groups excluding carboxylic acids is 1. The maximum Gasteiger partial charge on any atom is 0.252 e. The van der Waals surface area contributed by atoms with Gasteiger partial charge < -0.3 is 14.6 Å². The summed E-state index contributed by atoms with van der Waals surface area (Å²) in [5.74, 6) is -0.115. The van der Waals surface area contributed by atoms with E-state index in [-0.39, 0.29) is 5.91 Å². The van der Waals surface area contributed by atoms with Gasteiger partial charge in [0, 0.05) is 30.8 Å². The van der Waals surface area contributed by atoms with Gasteiger partial charge in [-0.15, -0.1) is 0 Å². The maximum absolute atomic E-state index is 13.1. The standard InChI is InChI=1S/C25H23N5O2/c1-32-11-10-30-16-26-14-19(30)15-27-25(31)23-7-3-5-21-20(4-2-6-22(21)23)17-8-9-18-13-28-29-24(18)12-17/h2-9,12-14,16H,10-11,15H2,1H3,(H,27,31)(H,28,29). The predicted octanol–water partition coefficient (Wildman–Crippen LogP) is 4.16. The van der Waals surface area contributed by atoms with E-state index >= 15 is 0 Å². The first-order valence-electron chi connectivity index (χ1n) is 10.5. The van der Waals surface area contributed by atoms with Crippen molar-refractivity contribution >= 4 is 27.6 Å². The molecule has 160 valence electrons. The molecule has 2 aromatic heterocycles. The molecule has 0 aliphatic carbocycles. The van der Waals surface area contributed by atoms with Gasteiger partial charge in [-0.25, -0.2) is 4.98 Å². The second-order valence-corrected chi connectivity index (χ2v) is 7.63. The van der Waals surface area contributed by atoms with Crippen molar-refractivity contribution in [1.29, 1.82) is 0 Å². The molecular weight excluding hydrogens is 402 g/mol. The number of H-pyrrole nitrogens is 1. The third kappa shape index (κ3) is 3.74. The van der Waals surface area contributed by atoms with Gasteiger partial charge in [-0.05, 0) is 34.0 Å². The molecule has 7 nitrogen and oxygen atoms in total. The van der Waals surface area contributed by atoms with Crippen LogP contribution in [0.4, 0.5) is 0 Å². The van der Waals surface area contributed by atoms with Crippen molar-refractivity contribution in [2.75, 3.05) is 13.7 Å². The molecule has 0 saturated carbocycles. The second kappa shape index (κ2) is 8.64. The largest absolute Gasteiger partial charge is 0.383 e. The number of carbonyl (C=O) groups is 1. The highest BCUT2D eigenvalue weighted by molar-refractivity contribution is 6.10. The highest BCUT2D eigenvalue weighted by atomic mass is 16.5. The number of fused-ring (bicyclic) bond motifs is 2. The molecule has 0 atom stereocenters. The minimum absolute atomic E-state index is 0.115. The van der Waals surface area contributed by atoms with Crippen LogP contribution >= 0.6 is 0 Å². The zero-order chi connectivity index (χ0) is 21.9. The van der Waals surface area contributed by atoms with Crippen molar-refractivity contribution in [2.45, 2.75) is 13.1 Å². The monoisotopic (exact) mass is 425 g/mol. The van der Waals surface area contributed by atoms with E-state index in [9.17, 15) is 4.79 Å². The number of aromatic amines is 1. The summed E-state index contributed by atoms with van der Waals surface area (Å²) >= 11 is 0. The van der Waals surface area contributed by atoms with Crippen LogP contribution in [0.15, 0.2) is 73.3 Å². The van der Waals surface area contributed by atoms with Gasteiger partial charge in [0.05, 0.1) is 36.9 Å². The number of hydrogen-bond donors (Lipinski definition) is 2. The molecule has 0 aliphatic heterocycles. The van der Waals surface area contributed by atoms with Gasteiger partial charge in [0.2, 0.25) is 0 Å². The summed E-state index contributed by atoms with van der Waals surface area (Å²) in [6.45, 7) is 1.68. The molecular formula is C25H23N5O2. The number of benzene rings is 3. The molecule has 5 aromatic rings. The Morgan fingerprint density at radius 3 is 2.88 bits per heavy atom. The lowest BCUT2D eigenvalue weighted by molar-refractivity contribution is 0.0951. The van der Waals surface area contributed by atoms with Crippen LogP contribution in [0, 0.1) is 0 Å². The highest BCUT2D eigenvalue weighted by Gasteiger charge is 2.13. The van der Waals surface area contributed by atoms with Gasteiger partial charge in [-0.1, -0.05) is 42.5 Å². The zero-order valence-corrected chi connectivity index (χ0v) is 17.7. The summed E-state index contributed by atoms with van der Waals surface area (Å²) in [7, 11) is 1.67. The first-order valence-corrected chi connectivity index (χ1v) is 10.5. The molecule has 2 N–H and O–H groups in total. The summed E-state index contributed by atoms with van der Waals surface area (Å²) in [6.07, 6.45) is 5.33. The number of amides is 1. The minimum atomic E-state index is -0.115. The Hall–Kier alpha value is -3.97. The van der Waals surface area contributed by atoms with Crippen molar-refractivity contribution in [3.63, 3.8) is 0 Å². The summed E-state index contributed by atoms with van der Waals surface area (Å²) in [5, 5.41) is 13.2. The van der Waals surface area contributed by atoms with E-state index in [0.717, 1.165) is 38.5 Å². The summed E-state index contributed by atoms with van der Waals surface area (Å²) in [6, 6.07) is 18.1. The molecule has 0 aliphatic rings. The Balaban J connectivity index is 1.44. The summed E-state index contributed by atoms with van der Waals surface area (Å²) in [4.78, 5) is 17.3. The second-order valence-electron chi connectivity index (χ2n) is 7.63. The molecule has 2 heterocycles. The first kappa shape index (κ1) is 20.0. The molecule has 32 heavy (non-hydrogen) atoms. The number of ether oxygens (including phenoxy) is 1. The van der Waals surface area contributed by atoms with E-state index in [1.165, 1.54) is 0 Å². The highest BCUT2D eigenvalue weighted by Crippen LogP contribution is 2.32. The van der Waals surface area contributed by atoms with Gasteiger partial charge >= 0.3 is 0 Å². The lowest BCUT2D eigenvalue weighted by Crippen LogP contribution is -2.24. The Morgan fingerprint density at radius 2 is 1.97 bits per heavy atom. The fourth-order valence-electron chi connectivity index (χ4n) is 4.02. The number of nitrogens with one attached hydrogen (secondary N) is 2. The molecule has 0 saturated heterocycles. The van der Waals surface area contributed by atoms with Gasteiger partial charge in [-0.3, -0.25) is 9.89 Å². The van der Waals surface area contributed by atoms with E-state index in [2.05, 4.69) is 50.8 Å². The van der Waals surface area contributed by atoms with Crippen LogP contribution in [0.2, 0.25) is 0 Å². The number of hydrogen-bond acceptors (Lipinski definition) is 4. The smallest absolute Gasteiger partial charge is 0.252 e. The number of methoxy groups -OCH3 is 1. The van der Waals surface area contributed by atoms with E-state index < -0.39 is 0 Å². The van der Waals surface area contributed by atoms with Crippen molar-refractivity contribution in [2.24, 2.45) is 0 Å². The fraction of sp³-hybridized carbons (Fsp3) is 0.160. The third-order valence-electron chi connectivity index (χ3n) is 5.68. The average Bonchev–Trinajstić information content (AvgIpc) is 3.49. The van der Waals surface area contributed by atoms with Crippen molar-refractivity contribution < 1.29 is 9.53 Å². The number of aromatic nitrogens is 4. The fourth-order valence-corrected chi connectivity index (χ4v) is 4.02. The van der Waals surface area contributed by atoms with Crippen molar-refractivity contribution in [3.8, 4) is 11.1 Å². The molecule has 7 heteroatoms. The molecule has 0 fully saturated rings. The Labute approximate surface area is 185 Å². The normalized spacial score (nSPS) is 11.3. The van der Waals surface area contributed by atoms with Gasteiger partial charge in [0.25, 0.3) is 5.91 Å². The van der Waals surface area contributed by atoms with Crippen LogP contribution in [0.3, 0.4) is 0 Å². The van der Waals surface area contributed by atoms with Gasteiger partial charge in [-0.2, -0.15) is 5.10 Å². The van der Waals surface area contributed by atoms with Crippen LogP contribution < -0.4 is 5.32 Å². The zero-order valence-electron chi connectivity index (χ0n) is 17.7. The lowest BCUT2D eigenvalue weighted by Gasteiger charge is -2.12. The van der Waals surface area contributed by atoms with Crippen LogP contribution in [-0.4, -0.2) is 39.4 Å². The van der Waals surface area contributed by atoms with Gasteiger partial charge in [0.15, 0.2) is 0 Å². The molecule has 0 bridgehead atoms.